The molecule has 1 aliphatic carbocycles. The van der Waals surface area contributed by atoms with Gasteiger partial charge >= 0.3 is 0 Å². The van der Waals surface area contributed by atoms with Crippen LogP contribution in [0.3, 0.4) is 0 Å². The summed E-state index contributed by atoms with van der Waals surface area (Å²) >= 11 is 8.17. The summed E-state index contributed by atoms with van der Waals surface area (Å²) in [4.78, 5) is 40.3. The van der Waals surface area contributed by atoms with Crippen molar-refractivity contribution in [3.8, 4) is 11.5 Å². The van der Waals surface area contributed by atoms with Crippen molar-refractivity contribution in [2.45, 2.75) is 102 Å². The van der Waals surface area contributed by atoms with Gasteiger partial charge in [0.1, 0.15) is 18.5 Å². The van der Waals surface area contributed by atoms with Crippen LogP contribution >= 0.6 is 34.2 Å². The lowest BCUT2D eigenvalue weighted by Crippen LogP contribution is -2.54. The molecule has 9 nitrogen and oxygen atoms in total. The van der Waals surface area contributed by atoms with Gasteiger partial charge in [0.25, 0.3) is 0 Å². The highest BCUT2D eigenvalue weighted by Crippen LogP contribution is 2.37. The van der Waals surface area contributed by atoms with Gasteiger partial charge in [-0.15, -0.1) is 0 Å². The fourth-order valence-electron chi connectivity index (χ4n) is 5.75. The zero-order valence-electron chi connectivity index (χ0n) is 27.4. The van der Waals surface area contributed by atoms with E-state index in [9.17, 15) is 24.6 Å². The number of amides is 2. The van der Waals surface area contributed by atoms with Gasteiger partial charge in [0.2, 0.25) is 11.8 Å². The van der Waals surface area contributed by atoms with E-state index in [1.54, 1.807) is 29.2 Å². The van der Waals surface area contributed by atoms with E-state index in [4.69, 9.17) is 21.1 Å². The topological polar surface area (TPSA) is 125 Å². The maximum absolute atomic E-state index is 13.9. The molecule has 0 spiro atoms. The predicted octanol–water partition coefficient (Wildman–Crippen LogP) is 6.63. The summed E-state index contributed by atoms with van der Waals surface area (Å²) in [6, 6.07) is 9.59. The molecule has 2 aromatic carbocycles. The van der Waals surface area contributed by atoms with Crippen molar-refractivity contribution in [1.82, 2.24) is 10.2 Å². The van der Waals surface area contributed by atoms with Crippen LogP contribution in [0.2, 0.25) is 5.02 Å². The Kier molecular flexibility index (Phi) is 17.0. The average molecular weight is 783 g/mol. The molecule has 2 amide bonds. The third-order valence-corrected chi connectivity index (χ3v) is 9.39. The van der Waals surface area contributed by atoms with Crippen molar-refractivity contribution in [1.29, 1.82) is 0 Å². The highest BCUT2D eigenvalue weighted by Gasteiger charge is 2.41. The predicted molar refractivity (Wildman–Crippen MR) is 192 cm³/mol. The Bertz CT molecular complexity index is 1340. The van der Waals surface area contributed by atoms with E-state index in [0.717, 1.165) is 31.2 Å². The molecule has 0 radical (unpaired) electrons. The molecule has 0 bridgehead atoms. The lowest BCUT2D eigenvalue weighted by atomic mass is 9.87. The fraction of sp³-hybridized carbons (Fsp3) is 0.528. The monoisotopic (exact) mass is 782 g/mol. The molecular weight excluding hydrogens is 735 g/mol. The van der Waals surface area contributed by atoms with Crippen LogP contribution in [0.1, 0.15) is 93.5 Å². The molecule has 0 saturated carbocycles. The fourth-order valence-corrected chi connectivity index (χ4v) is 6.62. The largest absolute Gasteiger partial charge is 0.493 e. The molecule has 0 heterocycles. The first-order valence-corrected chi connectivity index (χ1v) is 18.0. The van der Waals surface area contributed by atoms with E-state index in [2.05, 4.69) is 12.2 Å². The van der Waals surface area contributed by atoms with Crippen molar-refractivity contribution in [2.24, 2.45) is 0 Å². The quantitative estimate of drug-likeness (QED) is 0.0783. The van der Waals surface area contributed by atoms with Crippen molar-refractivity contribution in [2.75, 3.05) is 20.3 Å². The van der Waals surface area contributed by atoms with Crippen LogP contribution in [-0.2, 0) is 16.1 Å². The van der Waals surface area contributed by atoms with Crippen LogP contribution < -0.4 is 14.8 Å². The van der Waals surface area contributed by atoms with Gasteiger partial charge in [0.15, 0.2) is 11.5 Å². The van der Waals surface area contributed by atoms with Crippen LogP contribution in [0, 0.1) is 3.57 Å². The number of halogens is 2. The van der Waals surface area contributed by atoms with Crippen LogP contribution in [0.4, 0.5) is 0 Å². The molecule has 2 aromatic rings. The van der Waals surface area contributed by atoms with E-state index in [-0.39, 0.29) is 32.0 Å². The molecule has 1 aliphatic rings. The Morgan fingerprint density at radius 1 is 1.06 bits per heavy atom. The standard InChI is InChI=1S/C36H48ClIN2O7/c1-3-4-5-6-7-8-9-10-11-12-33(43)40(23-25-13-15-28(37)16-14-25)30-21-27(36(45)39-17-18-41)22-31(34(30)44)47-35-29(38)19-26(24-42)20-32(35)46-2/h13-16,19-20,22,24,30-31,34,41,44H,3-12,17-18,21,23H2,1-2H3,(H,39,45)/t30-,31+,34+/m1/s1. The molecule has 11 heteroatoms. The third-order valence-electron chi connectivity index (χ3n) is 8.34. The molecule has 0 aromatic heterocycles. The maximum Gasteiger partial charge on any atom is 0.247 e. The Morgan fingerprint density at radius 2 is 1.72 bits per heavy atom. The number of aliphatic hydroxyl groups is 2. The second-order valence-corrected chi connectivity index (χ2v) is 13.5. The highest BCUT2D eigenvalue weighted by molar-refractivity contribution is 14.1. The van der Waals surface area contributed by atoms with Gasteiger partial charge in [0.05, 0.1) is 23.3 Å². The number of hydrogen-bond donors (Lipinski definition) is 3. The zero-order valence-corrected chi connectivity index (χ0v) is 30.3. The van der Waals surface area contributed by atoms with Gasteiger partial charge in [-0.25, -0.2) is 0 Å². The molecule has 0 fully saturated rings. The molecule has 47 heavy (non-hydrogen) atoms. The van der Waals surface area contributed by atoms with Crippen LogP contribution in [0.15, 0.2) is 48.0 Å². The lowest BCUT2D eigenvalue weighted by molar-refractivity contribution is -0.139. The second-order valence-electron chi connectivity index (χ2n) is 11.9. The van der Waals surface area contributed by atoms with E-state index in [1.807, 2.05) is 34.7 Å². The first kappa shape index (κ1) is 38.8. The van der Waals surface area contributed by atoms with E-state index >= 15 is 0 Å². The van der Waals surface area contributed by atoms with Crippen molar-refractivity contribution >= 4 is 52.3 Å². The lowest BCUT2D eigenvalue weighted by Gasteiger charge is -2.41. The number of nitrogens with zero attached hydrogens (tertiary/aromatic N) is 1. The van der Waals surface area contributed by atoms with Crippen molar-refractivity contribution in [3.05, 3.63) is 67.8 Å². The van der Waals surface area contributed by atoms with E-state index in [0.29, 0.717) is 43.9 Å². The summed E-state index contributed by atoms with van der Waals surface area (Å²) in [6.45, 7) is 2.24. The highest BCUT2D eigenvalue weighted by atomic mass is 127. The number of unbranched alkanes of at least 4 members (excludes halogenated alkanes) is 8. The summed E-state index contributed by atoms with van der Waals surface area (Å²) in [5.41, 5.74) is 1.56. The smallest absolute Gasteiger partial charge is 0.247 e. The Labute approximate surface area is 297 Å². The number of aldehydes is 1. The molecule has 3 atom stereocenters. The van der Waals surface area contributed by atoms with Gasteiger partial charge in [-0.3, -0.25) is 14.4 Å². The molecular formula is C36H48ClIN2O7. The minimum absolute atomic E-state index is 0.0554. The number of nitrogens with one attached hydrogen (secondary N) is 1. The van der Waals surface area contributed by atoms with Gasteiger partial charge in [0, 0.05) is 42.1 Å². The molecule has 3 rings (SSSR count). The van der Waals surface area contributed by atoms with Crippen molar-refractivity contribution < 1.29 is 34.1 Å². The first-order chi connectivity index (χ1) is 22.7. The number of rotatable bonds is 20. The Hall–Kier alpha value is -2.67. The molecule has 258 valence electrons. The van der Waals surface area contributed by atoms with Crippen LogP contribution in [-0.4, -0.2) is 71.7 Å². The number of ether oxygens (including phenoxy) is 2. The van der Waals surface area contributed by atoms with E-state index in [1.165, 1.54) is 45.3 Å². The summed E-state index contributed by atoms with van der Waals surface area (Å²) in [7, 11) is 1.45. The maximum atomic E-state index is 13.9. The van der Waals surface area contributed by atoms with Crippen LogP contribution in [0.25, 0.3) is 0 Å². The number of hydrogen-bond acceptors (Lipinski definition) is 7. The summed E-state index contributed by atoms with van der Waals surface area (Å²) in [5, 5.41) is 24.4. The average Bonchev–Trinajstić information content (AvgIpc) is 3.07. The first-order valence-electron chi connectivity index (χ1n) is 16.5. The van der Waals surface area contributed by atoms with E-state index < -0.39 is 24.2 Å². The molecule has 0 aliphatic heterocycles. The van der Waals surface area contributed by atoms with Gasteiger partial charge in [-0.05, 0) is 64.9 Å². The summed E-state index contributed by atoms with van der Waals surface area (Å²) in [6.07, 6.45) is 10.6. The molecule has 0 unspecified atom stereocenters. The number of carbonyl (C=O) groups excluding carboxylic acids is 3. The van der Waals surface area contributed by atoms with Crippen LogP contribution in [0.5, 0.6) is 11.5 Å². The minimum Gasteiger partial charge on any atom is -0.493 e. The number of benzene rings is 2. The SMILES string of the molecule is CCCCCCCCCCCC(=O)N(Cc1ccc(Cl)cc1)[C@@H]1CC(C(=O)NCCO)=C[C@H](Oc2c(I)cc(C=O)cc2OC)[C@H]1O. The number of aliphatic hydroxyl groups excluding tert-OH is 2. The van der Waals surface area contributed by atoms with Gasteiger partial charge in [-0.2, -0.15) is 0 Å². The Balaban J connectivity index is 1.87. The number of carbonyl (C=O) groups is 3. The minimum atomic E-state index is -1.20. The summed E-state index contributed by atoms with van der Waals surface area (Å²) in [5.74, 6) is 0.0676. The molecule has 0 saturated heterocycles. The van der Waals surface area contributed by atoms with Gasteiger partial charge < -0.3 is 29.9 Å². The normalized spacial score (nSPS) is 17.5. The second kappa shape index (κ2) is 20.6. The molecule has 3 N–H and O–H groups in total. The van der Waals surface area contributed by atoms with Crippen molar-refractivity contribution in [3.63, 3.8) is 0 Å². The zero-order chi connectivity index (χ0) is 34.2. The van der Waals surface area contributed by atoms with Gasteiger partial charge in [-0.1, -0.05) is 82.0 Å². The third kappa shape index (κ3) is 12.1. The number of methoxy groups -OCH3 is 1. The Morgan fingerprint density at radius 3 is 2.34 bits per heavy atom. The summed E-state index contributed by atoms with van der Waals surface area (Å²) < 4.78 is 12.4.